The topological polar surface area (TPSA) is 54.6 Å². The average Bonchev–Trinajstić information content (AvgIpc) is 2.82. The van der Waals surface area contributed by atoms with Crippen LogP contribution in [0.2, 0.25) is 0 Å². The Morgan fingerprint density at radius 2 is 2.33 bits per heavy atom. The molecule has 3 rings (SSSR count). The van der Waals surface area contributed by atoms with Crippen molar-refractivity contribution in [3.05, 3.63) is 35.9 Å². The number of aromatic nitrogens is 2. The summed E-state index contributed by atoms with van der Waals surface area (Å²) in [5, 5.41) is 9.44. The molecule has 2 aromatic heterocycles. The summed E-state index contributed by atoms with van der Waals surface area (Å²) in [6.07, 6.45) is 7.11. The number of carbonyl (C=O) groups is 1. The number of hydrogen-bond donors (Lipinski definition) is 1. The SMILES string of the molecule is O=C(O)c1ccc2cnc(C3CCCCS3)n2c1. The molecule has 4 nitrogen and oxygen atoms in total. The predicted molar refractivity (Wildman–Crippen MR) is 71.2 cm³/mol. The van der Waals surface area contributed by atoms with Gasteiger partial charge in [-0.2, -0.15) is 11.8 Å². The van der Waals surface area contributed by atoms with Gasteiger partial charge >= 0.3 is 5.97 Å². The number of imidazole rings is 1. The Morgan fingerprint density at radius 3 is 3.06 bits per heavy atom. The predicted octanol–water partition coefficient (Wildman–Crippen LogP) is 2.99. The summed E-state index contributed by atoms with van der Waals surface area (Å²) < 4.78 is 1.92. The molecule has 18 heavy (non-hydrogen) atoms. The van der Waals surface area contributed by atoms with E-state index in [1.54, 1.807) is 12.3 Å². The molecule has 1 fully saturated rings. The largest absolute Gasteiger partial charge is 0.478 e. The van der Waals surface area contributed by atoms with E-state index >= 15 is 0 Å². The molecule has 1 saturated heterocycles. The zero-order valence-electron chi connectivity index (χ0n) is 9.87. The average molecular weight is 262 g/mol. The summed E-state index contributed by atoms with van der Waals surface area (Å²) in [7, 11) is 0. The lowest BCUT2D eigenvalue weighted by atomic mass is 10.2. The maximum absolute atomic E-state index is 11.0. The van der Waals surface area contributed by atoms with Gasteiger partial charge in [-0.3, -0.25) is 0 Å². The molecule has 1 unspecified atom stereocenters. The van der Waals surface area contributed by atoms with Crippen molar-refractivity contribution >= 4 is 23.2 Å². The van der Waals surface area contributed by atoms with Gasteiger partial charge in [-0.05, 0) is 30.7 Å². The molecule has 1 aliphatic heterocycles. The van der Waals surface area contributed by atoms with Crippen molar-refractivity contribution in [1.82, 2.24) is 9.38 Å². The first kappa shape index (κ1) is 11.6. The van der Waals surface area contributed by atoms with Crippen LogP contribution in [0.4, 0.5) is 0 Å². The van der Waals surface area contributed by atoms with E-state index in [1.165, 1.54) is 12.8 Å². The third-order valence-corrected chi connectivity index (χ3v) is 4.64. The van der Waals surface area contributed by atoms with Crippen LogP contribution in [0.3, 0.4) is 0 Å². The lowest BCUT2D eigenvalue weighted by molar-refractivity contribution is 0.0696. The van der Waals surface area contributed by atoms with E-state index in [1.807, 2.05) is 28.4 Å². The number of carboxylic acids is 1. The number of hydrogen-bond acceptors (Lipinski definition) is 3. The first-order valence-corrected chi connectivity index (χ1v) is 7.12. The summed E-state index contributed by atoms with van der Waals surface area (Å²) >= 11 is 1.92. The first-order valence-electron chi connectivity index (χ1n) is 6.07. The highest BCUT2D eigenvalue weighted by Gasteiger charge is 2.20. The summed E-state index contributed by atoms with van der Waals surface area (Å²) in [5.74, 6) is 1.25. The Hall–Kier alpha value is -1.49. The van der Waals surface area contributed by atoms with Crippen LogP contribution in [0.1, 0.15) is 40.7 Å². The molecule has 0 spiro atoms. The third kappa shape index (κ3) is 1.99. The molecule has 3 heterocycles. The van der Waals surface area contributed by atoms with E-state index in [4.69, 9.17) is 5.11 Å². The number of pyridine rings is 1. The Labute approximate surface area is 109 Å². The smallest absolute Gasteiger partial charge is 0.337 e. The van der Waals surface area contributed by atoms with Crippen molar-refractivity contribution in [2.75, 3.05) is 5.75 Å². The second-order valence-corrected chi connectivity index (χ2v) is 5.80. The quantitative estimate of drug-likeness (QED) is 0.904. The van der Waals surface area contributed by atoms with Crippen LogP contribution in [0.25, 0.3) is 5.52 Å². The zero-order valence-corrected chi connectivity index (χ0v) is 10.7. The van der Waals surface area contributed by atoms with E-state index in [0.717, 1.165) is 23.5 Å². The molecule has 94 valence electrons. The van der Waals surface area contributed by atoms with Crippen LogP contribution in [-0.2, 0) is 0 Å². The van der Waals surface area contributed by atoms with Crippen molar-refractivity contribution in [2.24, 2.45) is 0 Å². The molecule has 1 atom stereocenters. The van der Waals surface area contributed by atoms with Gasteiger partial charge in [0, 0.05) is 6.20 Å². The number of thioether (sulfide) groups is 1. The standard InChI is InChI=1S/C13H14N2O2S/c16-13(17)9-4-5-10-7-14-12(15(10)8-9)11-3-1-2-6-18-11/h4-5,7-8,11H,1-3,6H2,(H,16,17). The van der Waals surface area contributed by atoms with Gasteiger partial charge in [0.15, 0.2) is 0 Å². The number of rotatable bonds is 2. The van der Waals surface area contributed by atoms with E-state index in [0.29, 0.717) is 10.8 Å². The Bertz CT molecular complexity index is 588. The number of aromatic carboxylic acids is 1. The highest BCUT2D eigenvalue weighted by atomic mass is 32.2. The van der Waals surface area contributed by atoms with E-state index < -0.39 is 5.97 Å². The minimum absolute atomic E-state index is 0.308. The van der Waals surface area contributed by atoms with Gasteiger partial charge in [0.05, 0.1) is 22.5 Å². The van der Waals surface area contributed by atoms with Gasteiger partial charge in [0.1, 0.15) is 5.82 Å². The molecule has 1 N–H and O–H groups in total. The lowest BCUT2D eigenvalue weighted by Crippen LogP contribution is -2.07. The Balaban J connectivity index is 2.05. The van der Waals surface area contributed by atoms with Gasteiger partial charge < -0.3 is 9.51 Å². The van der Waals surface area contributed by atoms with Gasteiger partial charge in [-0.1, -0.05) is 6.42 Å². The van der Waals surface area contributed by atoms with Crippen LogP contribution in [0, 0.1) is 0 Å². The van der Waals surface area contributed by atoms with E-state index in [9.17, 15) is 4.79 Å². The van der Waals surface area contributed by atoms with Gasteiger partial charge in [0.25, 0.3) is 0 Å². The molecule has 0 radical (unpaired) electrons. The third-order valence-electron chi connectivity index (χ3n) is 3.27. The molecule has 0 amide bonds. The fourth-order valence-electron chi connectivity index (χ4n) is 2.32. The molecular weight excluding hydrogens is 248 g/mol. The molecule has 0 aliphatic carbocycles. The minimum Gasteiger partial charge on any atom is -0.478 e. The van der Waals surface area contributed by atoms with Gasteiger partial charge in [-0.15, -0.1) is 0 Å². The highest BCUT2D eigenvalue weighted by molar-refractivity contribution is 7.99. The Kier molecular flexibility index (Phi) is 2.99. The van der Waals surface area contributed by atoms with E-state index in [-0.39, 0.29) is 0 Å². The summed E-state index contributed by atoms with van der Waals surface area (Å²) in [6, 6.07) is 3.44. The fraction of sp³-hybridized carbons (Fsp3) is 0.385. The monoisotopic (exact) mass is 262 g/mol. The van der Waals surface area contributed by atoms with Crippen LogP contribution < -0.4 is 0 Å². The first-order chi connectivity index (χ1) is 8.75. The minimum atomic E-state index is -0.896. The Morgan fingerprint density at radius 1 is 1.44 bits per heavy atom. The maximum Gasteiger partial charge on any atom is 0.337 e. The molecular formula is C13H14N2O2S. The van der Waals surface area contributed by atoms with Crippen LogP contribution in [0.5, 0.6) is 0 Å². The normalized spacial score (nSPS) is 20.1. The second kappa shape index (κ2) is 4.65. The molecule has 0 bridgehead atoms. The van der Waals surface area contributed by atoms with Crippen molar-refractivity contribution in [1.29, 1.82) is 0 Å². The van der Waals surface area contributed by atoms with Crippen molar-refractivity contribution < 1.29 is 9.90 Å². The molecule has 5 heteroatoms. The maximum atomic E-state index is 11.0. The highest BCUT2D eigenvalue weighted by Crippen LogP contribution is 2.37. The summed E-state index contributed by atoms with van der Waals surface area (Å²) in [4.78, 5) is 15.5. The van der Waals surface area contributed by atoms with Gasteiger partial charge in [-0.25, -0.2) is 9.78 Å². The van der Waals surface area contributed by atoms with E-state index in [2.05, 4.69) is 4.98 Å². The van der Waals surface area contributed by atoms with Gasteiger partial charge in [0.2, 0.25) is 0 Å². The van der Waals surface area contributed by atoms with Crippen LogP contribution in [-0.4, -0.2) is 26.2 Å². The van der Waals surface area contributed by atoms with Crippen molar-refractivity contribution in [2.45, 2.75) is 24.5 Å². The zero-order chi connectivity index (χ0) is 12.5. The summed E-state index contributed by atoms with van der Waals surface area (Å²) in [6.45, 7) is 0. The van der Waals surface area contributed by atoms with Crippen molar-refractivity contribution in [3.8, 4) is 0 Å². The van der Waals surface area contributed by atoms with Crippen LogP contribution >= 0.6 is 11.8 Å². The summed E-state index contributed by atoms with van der Waals surface area (Å²) in [5.41, 5.74) is 1.27. The lowest BCUT2D eigenvalue weighted by Gasteiger charge is -2.20. The molecule has 1 aliphatic rings. The number of nitrogens with zero attached hydrogens (tertiary/aromatic N) is 2. The van der Waals surface area contributed by atoms with Crippen LogP contribution in [0.15, 0.2) is 24.5 Å². The number of fused-ring (bicyclic) bond motifs is 1. The fourth-order valence-corrected chi connectivity index (χ4v) is 3.63. The number of carboxylic acid groups (broad SMARTS) is 1. The second-order valence-electron chi connectivity index (χ2n) is 4.49. The molecule has 2 aromatic rings. The van der Waals surface area contributed by atoms with Crippen molar-refractivity contribution in [3.63, 3.8) is 0 Å². The molecule has 0 aromatic carbocycles. The molecule has 0 saturated carbocycles.